The van der Waals surface area contributed by atoms with E-state index in [0.29, 0.717) is 57.7 Å². The number of amides is 1. The molecule has 0 N–H and O–H groups in total. The van der Waals surface area contributed by atoms with Gasteiger partial charge in [0.05, 0.1) is 25.1 Å². The summed E-state index contributed by atoms with van der Waals surface area (Å²) in [5.41, 5.74) is 0. The summed E-state index contributed by atoms with van der Waals surface area (Å²) in [6.45, 7) is 6.14. The van der Waals surface area contributed by atoms with E-state index in [0.717, 1.165) is 26.1 Å². The third-order valence-electron chi connectivity index (χ3n) is 6.53. The molecule has 3 heterocycles. The van der Waals surface area contributed by atoms with E-state index < -0.39 is 7.67 Å². The molecule has 1 amide bonds. The van der Waals surface area contributed by atoms with Crippen molar-refractivity contribution in [2.75, 3.05) is 85.5 Å². The topological polar surface area (TPSA) is 74.8 Å². The zero-order valence-electron chi connectivity index (χ0n) is 20.0. The first-order chi connectivity index (χ1) is 15.2. The number of likely N-dealkylation sites (N-methyl/N-ethyl adjacent to an activating group) is 1. The smallest absolute Gasteiger partial charge is 0.346 e. The quantitative estimate of drug-likeness (QED) is 0.262. The fourth-order valence-corrected chi connectivity index (χ4v) is 8.05. The largest absolute Gasteiger partial charge is 0.384 e. The lowest BCUT2D eigenvalue weighted by atomic mass is 9.77. The maximum atomic E-state index is 14.6. The van der Waals surface area contributed by atoms with Crippen molar-refractivity contribution in [1.29, 1.82) is 0 Å². The number of piperidine rings is 1. The van der Waals surface area contributed by atoms with Crippen LogP contribution in [0.2, 0.25) is 5.82 Å². The first-order valence-corrected chi connectivity index (χ1v) is 13.9. The number of hydrogen-bond donors (Lipinski definition) is 1. The minimum absolute atomic E-state index is 0.0168. The van der Waals surface area contributed by atoms with Crippen LogP contribution in [0.4, 0.5) is 0 Å². The lowest BCUT2D eigenvalue weighted by Crippen LogP contribution is -2.52. The minimum Gasteiger partial charge on any atom is -0.384 e. The Morgan fingerprint density at radius 3 is 2.44 bits per heavy atom. The summed E-state index contributed by atoms with van der Waals surface area (Å²) in [6, 6.07) is 0.124. The Morgan fingerprint density at radius 1 is 1.09 bits per heavy atom. The Balaban J connectivity index is 1.74. The SMILES string of the molecule is BC1CC(COC)CN(P(=O)(OCC2CN(C)CC(B)O2)N2CCN(C(=O)CS)CC2)C1. The van der Waals surface area contributed by atoms with E-state index in [-0.39, 0.29) is 23.8 Å². The number of morpholine rings is 1. The molecule has 182 valence electrons. The molecule has 3 aliphatic rings. The Hall–Kier alpha value is -0.0601. The predicted octanol–water partition coefficient (Wildman–Crippen LogP) is -1.14. The van der Waals surface area contributed by atoms with E-state index in [2.05, 4.69) is 44.9 Å². The fraction of sp³-hybridized carbons (Fsp3) is 0.947. The third-order valence-corrected chi connectivity index (χ3v) is 9.44. The highest BCUT2D eigenvalue weighted by molar-refractivity contribution is 7.81. The van der Waals surface area contributed by atoms with Gasteiger partial charge in [-0.15, -0.1) is 0 Å². The van der Waals surface area contributed by atoms with Crippen molar-refractivity contribution in [3.05, 3.63) is 0 Å². The summed E-state index contributed by atoms with van der Waals surface area (Å²) in [6.07, 6.45) is 0.948. The van der Waals surface area contributed by atoms with Crippen molar-refractivity contribution in [3.63, 3.8) is 0 Å². The van der Waals surface area contributed by atoms with Crippen molar-refractivity contribution in [3.8, 4) is 0 Å². The Labute approximate surface area is 200 Å². The first-order valence-electron chi connectivity index (χ1n) is 11.7. The molecule has 0 aromatic heterocycles. The monoisotopic (exact) mass is 488 g/mol. The molecular weight excluding hydrogens is 449 g/mol. The van der Waals surface area contributed by atoms with Gasteiger partial charge >= 0.3 is 7.67 Å². The van der Waals surface area contributed by atoms with Crippen LogP contribution >= 0.6 is 20.3 Å². The molecule has 0 bridgehead atoms. The van der Waals surface area contributed by atoms with E-state index in [4.69, 9.17) is 14.0 Å². The van der Waals surface area contributed by atoms with Gasteiger partial charge in [0, 0.05) is 65.5 Å². The molecule has 3 aliphatic heterocycles. The van der Waals surface area contributed by atoms with Gasteiger partial charge in [-0.1, -0.05) is 12.2 Å². The number of thiol groups is 1. The van der Waals surface area contributed by atoms with E-state index in [9.17, 15) is 9.36 Å². The van der Waals surface area contributed by atoms with Gasteiger partial charge in [0.25, 0.3) is 0 Å². The summed E-state index contributed by atoms with van der Waals surface area (Å²) >= 11 is 4.11. The molecule has 5 unspecified atom stereocenters. The summed E-state index contributed by atoms with van der Waals surface area (Å²) in [7, 11) is 4.76. The minimum atomic E-state index is -3.28. The lowest BCUT2D eigenvalue weighted by molar-refractivity contribution is -0.129. The number of nitrogens with zero attached hydrogens (tertiary/aromatic N) is 4. The van der Waals surface area contributed by atoms with Crippen LogP contribution in [0.3, 0.4) is 0 Å². The number of carbonyl (C=O) groups excluding carboxylic acids is 1. The summed E-state index contributed by atoms with van der Waals surface area (Å²) < 4.78 is 36.4. The fourth-order valence-electron chi connectivity index (χ4n) is 5.20. The second kappa shape index (κ2) is 12.1. The van der Waals surface area contributed by atoms with Crippen LogP contribution in [0, 0.1) is 5.92 Å². The second-order valence-corrected chi connectivity index (χ2v) is 12.3. The van der Waals surface area contributed by atoms with Crippen LogP contribution in [0.25, 0.3) is 0 Å². The third kappa shape index (κ3) is 6.75. The van der Waals surface area contributed by atoms with Crippen LogP contribution in [-0.4, -0.2) is 138 Å². The molecule has 0 saturated carbocycles. The molecule has 0 aromatic rings. The van der Waals surface area contributed by atoms with Crippen LogP contribution in [-0.2, 0) is 23.4 Å². The zero-order valence-corrected chi connectivity index (χ0v) is 21.8. The maximum Gasteiger partial charge on any atom is 0.346 e. The number of methoxy groups -OCH3 is 1. The molecule has 0 aliphatic carbocycles. The van der Waals surface area contributed by atoms with E-state index >= 15 is 0 Å². The van der Waals surface area contributed by atoms with Crippen LogP contribution in [0.15, 0.2) is 0 Å². The van der Waals surface area contributed by atoms with E-state index in [1.54, 1.807) is 12.0 Å². The standard InChI is InChI=1S/C19H39B2N4O5PS/c1-22-10-17(30-18(21)11-22)13-29-31(27,24-5-3-23(4-6-24)19(26)14-32)25-8-15(12-28-2)7-16(20)9-25/h15-18,32H,3-14,20-21H2,1-2H3. The van der Waals surface area contributed by atoms with Gasteiger partial charge in [-0.05, 0) is 13.0 Å². The number of rotatable bonds is 8. The number of piperazine rings is 1. The number of ether oxygens (including phenoxy) is 2. The van der Waals surface area contributed by atoms with Gasteiger partial charge in [-0.2, -0.15) is 12.6 Å². The molecule has 3 fully saturated rings. The lowest BCUT2D eigenvalue weighted by Gasteiger charge is -2.46. The molecular formula is C19H39B2N4O5PS. The molecule has 5 atom stereocenters. The summed E-state index contributed by atoms with van der Waals surface area (Å²) in [5.74, 6) is 0.944. The van der Waals surface area contributed by atoms with E-state index in [1.807, 2.05) is 4.67 Å². The zero-order chi connectivity index (χ0) is 23.3. The normalized spacial score (nSPS) is 33.2. The molecule has 0 radical (unpaired) electrons. The van der Waals surface area contributed by atoms with Crippen molar-refractivity contribution in [2.24, 2.45) is 5.92 Å². The average molecular weight is 488 g/mol. The highest BCUT2D eigenvalue weighted by atomic mass is 32.1. The predicted molar refractivity (Wildman–Crippen MR) is 134 cm³/mol. The van der Waals surface area contributed by atoms with Crippen molar-refractivity contribution in [2.45, 2.75) is 24.3 Å². The average Bonchev–Trinajstić information content (AvgIpc) is 2.76. The van der Waals surface area contributed by atoms with Crippen LogP contribution < -0.4 is 0 Å². The Kier molecular flexibility index (Phi) is 10.0. The molecule has 0 aromatic carbocycles. The Morgan fingerprint density at radius 2 is 1.81 bits per heavy atom. The highest BCUT2D eigenvalue weighted by Gasteiger charge is 2.44. The maximum absolute atomic E-state index is 14.6. The molecule has 9 nitrogen and oxygen atoms in total. The first kappa shape index (κ1) is 26.5. The van der Waals surface area contributed by atoms with Gasteiger partial charge in [0.15, 0.2) is 0 Å². The summed E-state index contributed by atoms with van der Waals surface area (Å²) in [5, 5.41) is 0. The van der Waals surface area contributed by atoms with Gasteiger partial charge in [0.2, 0.25) is 5.91 Å². The van der Waals surface area contributed by atoms with Crippen molar-refractivity contribution >= 4 is 41.9 Å². The van der Waals surface area contributed by atoms with Crippen LogP contribution in [0.1, 0.15) is 6.42 Å². The molecule has 0 spiro atoms. The van der Waals surface area contributed by atoms with Gasteiger partial charge < -0.3 is 23.8 Å². The van der Waals surface area contributed by atoms with Gasteiger partial charge in [0.1, 0.15) is 15.7 Å². The number of hydrogen-bond acceptors (Lipinski definition) is 7. The van der Waals surface area contributed by atoms with Crippen LogP contribution in [0.5, 0.6) is 0 Å². The van der Waals surface area contributed by atoms with Gasteiger partial charge in [-0.3, -0.25) is 9.36 Å². The highest BCUT2D eigenvalue weighted by Crippen LogP contribution is 2.57. The molecule has 3 saturated heterocycles. The molecule has 3 rings (SSSR count). The molecule has 32 heavy (non-hydrogen) atoms. The summed E-state index contributed by atoms with van der Waals surface area (Å²) in [4.78, 5) is 16.1. The Bertz CT molecular complexity index is 666. The van der Waals surface area contributed by atoms with Crippen molar-refractivity contribution in [1.82, 2.24) is 19.1 Å². The second-order valence-electron chi connectivity index (χ2n) is 9.60. The van der Waals surface area contributed by atoms with Gasteiger partial charge in [-0.25, -0.2) is 9.34 Å². The molecule has 13 heteroatoms. The van der Waals surface area contributed by atoms with Crippen molar-refractivity contribution < 1.29 is 23.4 Å². The van der Waals surface area contributed by atoms with E-state index in [1.165, 1.54) is 0 Å². The number of carbonyl (C=O) groups is 1.